The van der Waals surface area contributed by atoms with Gasteiger partial charge in [-0.1, -0.05) is 18.9 Å². The van der Waals surface area contributed by atoms with Gasteiger partial charge in [0.25, 0.3) is 0 Å². The van der Waals surface area contributed by atoms with Crippen molar-refractivity contribution in [2.45, 2.75) is 43.2 Å². The van der Waals surface area contributed by atoms with E-state index in [1.807, 2.05) is 28.9 Å². The van der Waals surface area contributed by atoms with Crippen molar-refractivity contribution in [3.05, 3.63) is 54.4 Å². The molecule has 0 amide bonds. The minimum atomic E-state index is -3.75. The lowest BCUT2D eigenvalue weighted by molar-refractivity contribution is 0.354. The van der Waals surface area contributed by atoms with Gasteiger partial charge in [-0.2, -0.15) is 5.10 Å². The molecule has 0 radical (unpaired) electrons. The van der Waals surface area contributed by atoms with Gasteiger partial charge >= 0.3 is 0 Å². The number of nitrogens with one attached hydrogen (secondary N) is 1. The Morgan fingerprint density at radius 1 is 1.06 bits per heavy atom. The zero-order chi connectivity index (χ0) is 21.8. The van der Waals surface area contributed by atoms with Crippen LogP contribution in [-0.4, -0.2) is 37.4 Å². The van der Waals surface area contributed by atoms with E-state index in [4.69, 9.17) is 14.6 Å². The van der Waals surface area contributed by atoms with Crippen LogP contribution in [0.4, 0.5) is 0 Å². The lowest BCUT2D eigenvalue weighted by Crippen LogP contribution is -2.23. The van der Waals surface area contributed by atoms with E-state index in [1.54, 1.807) is 12.3 Å². The molecule has 1 fully saturated rings. The summed E-state index contributed by atoms with van der Waals surface area (Å²) in [7, 11) is -0.781. The van der Waals surface area contributed by atoms with Gasteiger partial charge in [-0.3, -0.25) is 9.67 Å². The first-order valence-electron chi connectivity index (χ1n) is 10.2. The highest BCUT2D eigenvalue weighted by Gasteiger charge is 2.23. The van der Waals surface area contributed by atoms with Crippen molar-refractivity contribution in [3.8, 4) is 22.9 Å². The maximum absolute atomic E-state index is 12.8. The molecule has 1 aliphatic rings. The van der Waals surface area contributed by atoms with Gasteiger partial charge in [0.05, 0.1) is 48.8 Å². The van der Waals surface area contributed by atoms with E-state index in [-0.39, 0.29) is 11.4 Å². The van der Waals surface area contributed by atoms with Gasteiger partial charge in [-0.15, -0.1) is 0 Å². The van der Waals surface area contributed by atoms with Crippen molar-refractivity contribution in [3.63, 3.8) is 0 Å². The number of hydrogen-bond acceptors (Lipinski definition) is 6. The molecule has 1 saturated carbocycles. The van der Waals surface area contributed by atoms with Crippen molar-refractivity contribution < 1.29 is 17.9 Å². The number of sulfonamides is 1. The minimum Gasteiger partial charge on any atom is -0.493 e. The van der Waals surface area contributed by atoms with Crippen LogP contribution < -0.4 is 14.2 Å². The van der Waals surface area contributed by atoms with Gasteiger partial charge in [-0.05, 0) is 43.2 Å². The van der Waals surface area contributed by atoms with Crippen LogP contribution in [0.15, 0.2) is 53.6 Å². The van der Waals surface area contributed by atoms with E-state index >= 15 is 0 Å². The molecule has 31 heavy (non-hydrogen) atoms. The summed E-state index contributed by atoms with van der Waals surface area (Å²) in [5, 5.41) is 4.73. The van der Waals surface area contributed by atoms with Crippen LogP contribution in [0.25, 0.3) is 11.4 Å². The van der Waals surface area contributed by atoms with E-state index in [1.165, 1.54) is 39.2 Å². The molecule has 4 rings (SSSR count). The summed E-state index contributed by atoms with van der Waals surface area (Å²) in [6.45, 7) is 0.0796. The van der Waals surface area contributed by atoms with E-state index in [2.05, 4.69) is 9.71 Å². The monoisotopic (exact) mass is 442 g/mol. The third-order valence-corrected chi connectivity index (χ3v) is 6.89. The summed E-state index contributed by atoms with van der Waals surface area (Å²) in [4.78, 5) is 4.56. The molecule has 9 heteroatoms. The Balaban J connectivity index is 1.58. The highest BCUT2D eigenvalue weighted by atomic mass is 32.2. The van der Waals surface area contributed by atoms with Crippen molar-refractivity contribution >= 4 is 10.0 Å². The van der Waals surface area contributed by atoms with E-state index < -0.39 is 10.0 Å². The van der Waals surface area contributed by atoms with Crippen LogP contribution >= 0.6 is 0 Å². The fourth-order valence-electron chi connectivity index (χ4n) is 3.90. The molecular weight excluding hydrogens is 416 g/mol. The van der Waals surface area contributed by atoms with Crippen LogP contribution in [0.3, 0.4) is 0 Å². The number of rotatable bonds is 8. The van der Waals surface area contributed by atoms with Gasteiger partial charge in [0.15, 0.2) is 11.5 Å². The SMILES string of the molecule is COc1ccc(S(=O)(=O)NCc2cc(-c3ccccn3)n(C3CCCC3)n2)cc1OC. The smallest absolute Gasteiger partial charge is 0.241 e. The van der Waals surface area contributed by atoms with Crippen molar-refractivity contribution in [2.75, 3.05) is 14.2 Å². The first-order valence-corrected chi connectivity index (χ1v) is 11.7. The quantitative estimate of drug-likeness (QED) is 0.573. The fourth-order valence-corrected chi connectivity index (χ4v) is 4.91. The largest absolute Gasteiger partial charge is 0.493 e. The Morgan fingerprint density at radius 2 is 1.84 bits per heavy atom. The molecule has 0 aliphatic heterocycles. The molecule has 3 aromatic rings. The average molecular weight is 443 g/mol. The number of aromatic nitrogens is 3. The third-order valence-electron chi connectivity index (χ3n) is 5.49. The summed E-state index contributed by atoms with van der Waals surface area (Å²) in [5.74, 6) is 0.824. The Kier molecular flexibility index (Phi) is 6.24. The molecule has 1 aliphatic carbocycles. The van der Waals surface area contributed by atoms with Gasteiger partial charge in [0.1, 0.15) is 0 Å². The number of hydrogen-bond donors (Lipinski definition) is 1. The Hall–Kier alpha value is -2.91. The van der Waals surface area contributed by atoms with Crippen LogP contribution in [0.5, 0.6) is 11.5 Å². The number of nitrogens with zero attached hydrogens (tertiary/aromatic N) is 3. The van der Waals surface area contributed by atoms with E-state index in [0.717, 1.165) is 24.2 Å². The Morgan fingerprint density at radius 3 is 2.52 bits per heavy atom. The predicted octanol–water partition coefficient (Wildman–Crippen LogP) is 3.56. The van der Waals surface area contributed by atoms with Crippen LogP contribution in [-0.2, 0) is 16.6 Å². The molecule has 0 unspecified atom stereocenters. The fraction of sp³-hybridized carbons (Fsp3) is 0.364. The van der Waals surface area contributed by atoms with Gasteiger partial charge in [-0.25, -0.2) is 13.1 Å². The number of benzene rings is 1. The van der Waals surface area contributed by atoms with Crippen LogP contribution in [0, 0.1) is 0 Å². The summed E-state index contributed by atoms with van der Waals surface area (Å²) < 4.78 is 40.7. The van der Waals surface area contributed by atoms with Gasteiger partial charge in [0, 0.05) is 12.3 Å². The second-order valence-electron chi connectivity index (χ2n) is 7.46. The first kappa shape index (κ1) is 21.3. The molecule has 0 spiro atoms. The number of pyridine rings is 1. The molecule has 1 N–H and O–H groups in total. The van der Waals surface area contributed by atoms with Crippen LogP contribution in [0.1, 0.15) is 37.4 Å². The van der Waals surface area contributed by atoms with Gasteiger partial charge in [0.2, 0.25) is 10.0 Å². The molecule has 164 valence electrons. The molecule has 1 aromatic carbocycles. The highest BCUT2D eigenvalue weighted by Crippen LogP contribution is 2.33. The Bertz CT molecular complexity index is 1140. The topological polar surface area (TPSA) is 95.3 Å². The highest BCUT2D eigenvalue weighted by molar-refractivity contribution is 7.89. The summed E-state index contributed by atoms with van der Waals surface area (Å²) >= 11 is 0. The van der Waals surface area contributed by atoms with Crippen molar-refractivity contribution in [1.82, 2.24) is 19.5 Å². The molecule has 2 aromatic heterocycles. The van der Waals surface area contributed by atoms with Crippen molar-refractivity contribution in [2.24, 2.45) is 0 Å². The summed E-state index contributed by atoms with van der Waals surface area (Å²) in [5.41, 5.74) is 2.39. The molecule has 0 bridgehead atoms. The lowest BCUT2D eigenvalue weighted by Gasteiger charge is -2.13. The second kappa shape index (κ2) is 9.07. The lowest BCUT2D eigenvalue weighted by atomic mass is 10.2. The minimum absolute atomic E-state index is 0.0796. The van der Waals surface area contributed by atoms with Crippen LogP contribution in [0.2, 0.25) is 0 Å². The van der Waals surface area contributed by atoms with E-state index in [0.29, 0.717) is 23.2 Å². The maximum atomic E-state index is 12.8. The second-order valence-corrected chi connectivity index (χ2v) is 9.23. The zero-order valence-electron chi connectivity index (χ0n) is 17.6. The third kappa shape index (κ3) is 4.57. The molecular formula is C22H26N4O4S. The Labute approximate surface area is 182 Å². The van der Waals surface area contributed by atoms with Gasteiger partial charge < -0.3 is 9.47 Å². The van der Waals surface area contributed by atoms with Crippen molar-refractivity contribution in [1.29, 1.82) is 0 Å². The summed E-state index contributed by atoms with van der Waals surface area (Å²) in [6, 6.07) is 12.5. The predicted molar refractivity (Wildman–Crippen MR) is 117 cm³/mol. The summed E-state index contributed by atoms with van der Waals surface area (Å²) in [6.07, 6.45) is 6.23. The first-order chi connectivity index (χ1) is 15.0. The molecule has 0 saturated heterocycles. The standard InChI is InChI=1S/C22H26N4O4S/c1-29-21-11-10-18(14-22(21)30-2)31(27,28)24-15-16-13-20(19-9-5-6-12-23-19)26(25-16)17-7-3-4-8-17/h5-6,9-14,17,24H,3-4,7-8,15H2,1-2H3. The maximum Gasteiger partial charge on any atom is 0.241 e. The number of ether oxygens (including phenoxy) is 2. The molecule has 0 atom stereocenters. The zero-order valence-corrected chi connectivity index (χ0v) is 18.4. The normalized spacial score (nSPS) is 14.6. The molecule has 8 nitrogen and oxygen atoms in total. The molecule has 2 heterocycles. The number of methoxy groups -OCH3 is 2. The van der Waals surface area contributed by atoms with E-state index in [9.17, 15) is 8.42 Å². The average Bonchev–Trinajstić information content (AvgIpc) is 3.48.